The zero-order chi connectivity index (χ0) is 38.0. The van der Waals surface area contributed by atoms with Crippen LogP contribution in [-0.2, 0) is 0 Å². The number of anilines is 4. The van der Waals surface area contributed by atoms with E-state index < -0.39 is 0 Å². The Morgan fingerprint density at radius 2 is 0.655 bits per heavy atom. The number of allylic oxidation sites excluding steroid dienone is 6. The van der Waals surface area contributed by atoms with Gasteiger partial charge in [-0.05, 0) is 118 Å². The Morgan fingerprint density at radius 3 is 0.964 bits per heavy atom. The molecule has 0 saturated carbocycles. The van der Waals surface area contributed by atoms with E-state index in [2.05, 4.69) is 218 Å². The second-order valence-electron chi connectivity index (χ2n) is 13.2. The van der Waals surface area contributed by atoms with E-state index in [1.165, 1.54) is 33.4 Å². The highest BCUT2D eigenvalue weighted by Gasteiger charge is 2.15. The second-order valence-corrected chi connectivity index (χ2v) is 13.2. The highest BCUT2D eigenvalue weighted by atomic mass is 15.2. The van der Waals surface area contributed by atoms with Crippen LogP contribution in [0.2, 0.25) is 0 Å². The van der Waals surface area contributed by atoms with Crippen molar-refractivity contribution in [3.63, 3.8) is 0 Å². The lowest BCUT2D eigenvalue weighted by atomic mass is 10.00. The normalized spacial score (nSPS) is 11.4. The van der Waals surface area contributed by atoms with Gasteiger partial charge in [-0.15, -0.1) is 0 Å². The van der Waals surface area contributed by atoms with Gasteiger partial charge in [0.25, 0.3) is 0 Å². The first kappa shape index (κ1) is 36.2. The molecule has 0 atom stereocenters. The van der Waals surface area contributed by atoms with Crippen molar-refractivity contribution in [2.75, 3.05) is 9.80 Å². The SMILES string of the molecule is C=CC=C(C)N(C(C=C)=CC=C)c1ccc(-c2ccc(N(c3ccc(-c4ccccc4)cc3)c3ccc(-c4ccc(-c5ccccc5)cc4)cc3)cc2)cc1. The zero-order valence-corrected chi connectivity index (χ0v) is 31.2. The van der Waals surface area contributed by atoms with Crippen LogP contribution >= 0.6 is 0 Å². The van der Waals surface area contributed by atoms with Gasteiger partial charge in [0.15, 0.2) is 0 Å². The van der Waals surface area contributed by atoms with Gasteiger partial charge in [-0.25, -0.2) is 0 Å². The first-order chi connectivity index (χ1) is 27.1. The lowest BCUT2D eigenvalue weighted by Crippen LogP contribution is -2.19. The monoisotopic (exact) mass is 708 g/mol. The fourth-order valence-corrected chi connectivity index (χ4v) is 6.93. The van der Waals surface area contributed by atoms with Crippen LogP contribution in [0.5, 0.6) is 0 Å². The van der Waals surface area contributed by atoms with Gasteiger partial charge in [0.2, 0.25) is 0 Å². The standard InChI is InChI=1S/C53H44N2/c1-5-14-40(4)54(49(7-3)15-6-2)50-32-24-47(25-33-50)48-30-38-53(39-31-48)55(51-34-26-45(27-35-51)42-18-12-9-13-19-42)52-36-28-46(29-37-52)44-22-20-43(21-23-44)41-16-10-8-11-17-41/h5-39H,1-3H2,4H3. The summed E-state index contributed by atoms with van der Waals surface area (Å²) in [5.74, 6) is 0. The summed E-state index contributed by atoms with van der Waals surface area (Å²) in [7, 11) is 0. The average Bonchev–Trinajstić information content (AvgIpc) is 3.25. The van der Waals surface area contributed by atoms with E-state index in [9.17, 15) is 0 Å². The van der Waals surface area contributed by atoms with Gasteiger partial charge in [0.1, 0.15) is 0 Å². The Bertz CT molecular complexity index is 2420. The van der Waals surface area contributed by atoms with Gasteiger partial charge < -0.3 is 9.80 Å². The van der Waals surface area contributed by atoms with Gasteiger partial charge in [0.05, 0.1) is 0 Å². The molecular formula is C53H44N2. The van der Waals surface area contributed by atoms with Crippen molar-refractivity contribution in [1.82, 2.24) is 0 Å². The molecule has 55 heavy (non-hydrogen) atoms. The van der Waals surface area contributed by atoms with Crippen molar-refractivity contribution in [3.8, 4) is 44.5 Å². The molecule has 7 aromatic carbocycles. The van der Waals surface area contributed by atoms with E-state index in [1.54, 1.807) is 12.2 Å². The summed E-state index contributed by atoms with van der Waals surface area (Å²) in [6.07, 6.45) is 9.36. The molecule has 0 radical (unpaired) electrons. The fraction of sp³-hybridized carbons (Fsp3) is 0.0189. The van der Waals surface area contributed by atoms with Gasteiger partial charge >= 0.3 is 0 Å². The Morgan fingerprint density at radius 1 is 0.364 bits per heavy atom. The molecule has 0 aliphatic rings. The molecule has 0 amide bonds. The molecule has 7 rings (SSSR count). The third-order valence-electron chi connectivity index (χ3n) is 9.74. The molecule has 0 saturated heterocycles. The maximum Gasteiger partial charge on any atom is 0.0462 e. The van der Waals surface area contributed by atoms with Crippen molar-refractivity contribution in [3.05, 3.63) is 244 Å². The summed E-state index contributed by atoms with van der Waals surface area (Å²) in [4.78, 5) is 4.47. The smallest absolute Gasteiger partial charge is 0.0462 e. The number of rotatable bonds is 13. The molecule has 2 nitrogen and oxygen atoms in total. The number of hydrogen-bond donors (Lipinski definition) is 0. The van der Waals surface area contributed by atoms with E-state index in [4.69, 9.17) is 0 Å². The maximum absolute atomic E-state index is 4.03. The van der Waals surface area contributed by atoms with Gasteiger partial charge in [-0.2, -0.15) is 0 Å². The lowest BCUT2D eigenvalue weighted by molar-refractivity contribution is 1.10. The highest BCUT2D eigenvalue weighted by Crippen LogP contribution is 2.38. The van der Waals surface area contributed by atoms with E-state index in [0.717, 1.165) is 45.3 Å². The Balaban J connectivity index is 1.19. The van der Waals surface area contributed by atoms with Crippen molar-refractivity contribution in [2.45, 2.75) is 6.92 Å². The zero-order valence-electron chi connectivity index (χ0n) is 31.2. The number of nitrogens with zero attached hydrogens (tertiary/aromatic N) is 2. The predicted octanol–water partition coefficient (Wildman–Crippen LogP) is 15.0. The van der Waals surface area contributed by atoms with Gasteiger partial charge in [0, 0.05) is 34.1 Å². The summed E-state index contributed by atoms with van der Waals surface area (Å²) in [5.41, 5.74) is 15.7. The molecule has 0 aromatic heterocycles. The van der Waals surface area contributed by atoms with Crippen LogP contribution in [0, 0.1) is 0 Å². The highest BCUT2D eigenvalue weighted by molar-refractivity contribution is 5.81. The minimum atomic E-state index is 0.939. The average molecular weight is 709 g/mol. The molecular weight excluding hydrogens is 665 g/mol. The summed E-state index contributed by atoms with van der Waals surface area (Å²) >= 11 is 0. The summed E-state index contributed by atoms with van der Waals surface area (Å²) in [5, 5.41) is 0. The van der Waals surface area contributed by atoms with Crippen molar-refractivity contribution >= 4 is 22.7 Å². The Hall–Kier alpha value is -7.16. The topological polar surface area (TPSA) is 6.48 Å². The molecule has 0 unspecified atom stereocenters. The molecule has 0 heterocycles. The molecule has 0 aliphatic heterocycles. The Kier molecular flexibility index (Phi) is 11.3. The summed E-state index contributed by atoms with van der Waals surface area (Å²) in [6.45, 7) is 13.9. The Labute approximate surface area is 326 Å². The van der Waals surface area contributed by atoms with Crippen LogP contribution in [-0.4, -0.2) is 0 Å². The van der Waals surface area contributed by atoms with Crippen molar-refractivity contribution in [1.29, 1.82) is 0 Å². The quantitative estimate of drug-likeness (QED) is 0.110. The van der Waals surface area contributed by atoms with Gasteiger partial charge in [-0.3, -0.25) is 0 Å². The molecule has 2 heteroatoms. The van der Waals surface area contributed by atoms with Crippen molar-refractivity contribution < 1.29 is 0 Å². The number of benzene rings is 7. The maximum atomic E-state index is 4.03. The van der Waals surface area contributed by atoms with E-state index in [0.29, 0.717) is 0 Å². The van der Waals surface area contributed by atoms with Crippen LogP contribution < -0.4 is 9.80 Å². The third-order valence-corrected chi connectivity index (χ3v) is 9.74. The predicted molar refractivity (Wildman–Crippen MR) is 238 cm³/mol. The van der Waals surface area contributed by atoms with Crippen LogP contribution in [0.15, 0.2) is 244 Å². The third kappa shape index (κ3) is 8.25. The minimum absolute atomic E-state index is 0.939. The minimum Gasteiger partial charge on any atom is -0.315 e. The molecule has 7 aromatic rings. The summed E-state index contributed by atoms with van der Waals surface area (Å²) in [6, 6.07) is 64.9. The molecule has 266 valence electrons. The molecule has 0 aliphatic carbocycles. The molecule has 0 bridgehead atoms. The first-order valence-corrected chi connectivity index (χ1v) is 18.5. The molecule has 0 fully saturated rings. The van der Waals surface area contributed by atoms with Crippen LogP contribution in [0.25, 0.3) is 44.5 Å². The molecule has 0 N–H and O–H groups in total. The van der Waals surface area contributed by atoms with Crippen LogP contribution in [0.4, 0.5) is 22.7 Å². The summed E-state index contributed by atoms with van der Waals surface area (Å²) < 4.78 is 0. The van der Waals surface area contributed by atoms with E-state index in [1.807, 2.05) is 18.2 Å². The van der Waals surface area contributed by atoms with E-state index in [-0.39, 0.29) is 0 Å². The molecule has 0 spiro atoms. The van der Waals surface area contributed by atoms with Crippen molar-refractivity contribution in [2.24, 2.45) is 0 Å². The van der Waals surface area contributed by atoms with Gasteiger partial charge in [-0.1, -0.05) is 165 Å². The van der Waals surface area contributed by atoms with E-state index >= 15 is 0 Å². The van der Waals surface area contributed by atoms with Crippen LogP contribution in [0.3, 0.4) is 0 Å². The second kappa shape index (κ2) is 17.1. The fourth-order valence-electron chi connectivity index (χ4n) is 6.93. The van der Waals surface area contributed by atoms with Crippen LogP contribution in [0.1, 0.15) is 6.92 Å². The number of hydrogen-bond acceptors (Lipinski definition) is 2. The first-order valence-electron chi connectivity index (χ1n) is 18.5. The largest absolute Gasteiger partial charge is 0.315 e. The lowest BCUT2D eigenvalue weighted by Gasteiger charge is -2.27.